The van der Waals surface area contributed by atoms with Crippen LogP contribution in [0.1, 0.15) is 34.6 Å². The number of ether oxygens (including phenoxy) is 1. The van der Waals surface area contributed by atoms with Crippen molar-refractivity contribution in [2.75, 3.05) is 17.2 Å². The highest BCUT2D eigenvalue weighted by molar-refractivity contribution is 6.05. The summed E-state index contributed by atoms with van der Waals surface area (Å²) < 4.78 is 4.92. The Kier molecular flexibility index (Phi) is 7.19. The molecule has 9 nitrogen and oxygen atoms in total. The highest BCUT2D eigenvalue weighted by Crippen LogP contribution is 2.20. The molecule has 4 amide bonds. The second kappa shape index (κ2) is 9.79. The van der Waals surface area contributed by atoms with Gasteiger partial charge in [-0.25, -0.2) is 4.79 Å². The number of hydrogen-bond acceptors (Lipinski definition) is 6. The van der Waals surface area contributed by atoms with Crippen LogP contribution in [0, 0.1) is 0 Å². The fourth-order valence-electron chi connectivity index (χ4n) is 2.34. The van der Waals surface area contributed by atoms with Gasteiger partial charge in [-0.1, -0.05) is 18.2 Å². The van der Waals surface area contributed by atoms with Gasteiger partial charge in [0.05, 0.1) is 5.56 Å². The van der Waals surface area contributed by atoms with Gasteiger partial charge in [0.15, 0.2) is 6.61 Å². The standard InChI is InChI=1S/C20H19N3O6/c1-12(24)21-16-8-15(9-17(10-16)22-13(2)25)20(28)29-11-18(26)23-19(27)14-6-4-3-5-7-14/h3-10H,11H2,1-2H3,(H,21,24)(H,22,25)(H,23,26,27). The minimum Gasteiger partial charge on any atom is -0.452 e. The van der Waals surface area contributed by atoms with Gasteiger partial charge in [-0.3, -0.25) is 24.5 Å². The van der Waals surface area contributed by atoms with Crippen molar-refractivity contribution in [3.8, 4) is 0 Å². The van der Waals surface area contributed by atoms with Crippen molar-refractivity contribution >= 4 is 41.0 Å². The van der Waals surface area contributed by atoms with Gasteiger partial charge < -0.3 is 15.4 Å². The first-order valence-electron chi connectivity index (χ1n) is 8.51. The lowest BCUT2D eigenvalue weighted by Crippen LogP contribution is -2.34. The number of amides is 4. The van der Waals surface area contributed by atoms with Gasteiger partial charge in [-0.05, 0) is 30.3 Å². The normalized spacial score (nSPS) is 9.86. The van der Waals surface area contributed by atoms with Gasteiger partial charge in [-0.15, -0.1) is 0 Å². The molecule has 3 N–H and O–H groups in total. The Morgan fingerprint density at radius 1 is 0.793 bits per heavy atom. The Balaban J connectivity index is 2.03. The number of benzene rings is 2. The summed E-state index contributed by atoms with van der Waals surface area (Å²) in [5.74, 6) is -3.03. The zero-order chi connectivity index (χ0) is 21.4. The second-order valence-corrected chi connectivity index (χ2v) is 5.98. The zero-order valence-corrected chi connectivity index (χ0v) is 15.8. The topological polar surface area (TPSA) is 131 Å². The molecule has 0 saturated carbocycles. The first-order valence-corrected chi connectivity index (χ1v) is 8.51. The molecule has 0 aromatic heterocycles. The summed E-state index contributed by atoms with van der Waals surface area (Å²) in [5, 5.41) is 7.11. The quantitative estimate of drug-likeness (QED) is 0.636. The monoisotopic (exact) mass is 397 g/mol. The fourth-order valence-corrected chi connectivity index (χ4v) is 2.34. The van der Waals surface area contributed by atoms with Crippen molar-refractivity contribution in [2.45, 2.75) is 13.8 Å². The maximum Gasteiger partial charge on any atom is 0.338 e. The summed E-state index contributed by atoms with van der Waals surface area (Å²) in [7, 11) is 0. The third-order valence-corrected chi connectivity index (χ3v) is 3.43. The van der Waals surface area contributed by atoms with Crippen LogP contribution in [0.4, 0.5) is 11.4 Å². The number of carbonyl (C=O) groups is 5. The predicted octanol–water partition coefficient (Wildman–Crippen LogP) is 1.72. The summed E-state index contributed by atoms with van der Waals surface area (Å²) in [4.78, 5) is 58.6. The smallest absolute Gasteiger partial charge is 0.338 e. The van der Waals surface area contributed by atoms with Crippen LogP contribution in [-0.2, 0) is 19.1 Å². The second-order valence-electron chi connectivity index (χ2n) is 5.98. The van der Waals surface area contributed by atoms with Gasteiger partial charge in [0.1, 0.15) is 0 Å². The molecule has 0 spiro atoms. The first-order chi connectivity index (χ1) is 13.7. The molecule has 0 aliphatic carbocycles. The molecule has 150 valence electrons. The molecule has 0 fully saturated rings. The van der Waals surface area contributed by atoms with E-state index in [0.717, 1.165) is 0 Å². The van der Waals surface area contributed by atoms with Crippen LogP contribution in [0.15, 0.2) is 48.5 Å². The summed E-state index contributed by atoms with van der Waals surface area (Å²) in [6.45, 7) is 1.89. The van der Waals surface area contributed by atoms with Crippen LogP contribution in [0.3, 0.4) is 0 Å². The van der Waals surface area contributed by atoms with E-state index >= 15 is 0 Å². The molecule has 0 aliphatic heterocycles. The van der Waals surface area contributed by atoms with Gasteiger partial charge in [0.2, 0.25) is 11.8 Å². The summed E-state index contributed by atoms with van der Waals surface area (Å²) in [6.07, 6.45) is 0. The van der Waals surface area contributed by atoms with Crippen LogP contribution in [-0.4, -0.2) is 36.2 Å². The molecule has 0 unspecified atom stereocenters. The number of imide groups is 1. The lowest BCUT2D eigenvalue weighted by atomic mass is 10.1. The molecule has 9 heteroatoms. The zero-order valence-electron chi connectivity index (χ0n) is 15.8. The van der Waals surface area contributed by atoms with E-state index in [1.165, 1.54) is 44.2 Å². The third kappa shape index (κ3) is 6.90. The van der Waals surface area contributed by atoms with Crippen molar-refractivity contribution in [3.63, 3.8) is 0 Å². The summed E-state index contributed by atoms with van der Waals surface area (Å²) in [6, 6.07) is 12.2. The van der Waals surface area contributed by atoms with E-state index in [-0.39, 0.29) is 34.3 Å². The first kappa shape index (κ1) is 21.3. The van der Waals surface area contributed by atoms with Crippen LogP contribution in [0.2, 0.25) is 0 Å². The van der Waals surface area contributed by atoms with Gasteiger partial charge >= 0.3 is 5.97 Å². The number of anilines is 2. The minimum atomic E-state index is -0.869. The molecule has 0 atom stereocenters. The van der Waals surface area contributed by atoms with E-state index in [0.29, 0.717) is 0 Å². The SMILES string of the molecule is CC(=O)Nc1cc(NC(C)=O)cc(C(=O)OCC(=O)NC(=O)c2ccccc2)c1. The van der Waals surface area contributed by atoms with Crippen molar-refractivity contribution < 1.29 is 28.7 Å². The van der Waals surface area contributed by atoms with Crippen LogP contribution in [0.25, 0.3) is 0 Å². The summed E-state index contributed by atoms with van der Waals surface area (Å²) >= 11 is 0. The van der Waals surface area contributed by atoms with Crippen molar-refractivity contribution in [2.24, 2.45) is 0 Å². The number of esters is 1. The van der Waals surface area contributed by atoms with E-state index in [4.69, 9.17) is 4.74 Å². The Bertz CT molecular complexity index is 922. The number of carbonyl (C=O) groups excluding carboxylic acids is 5. The van der Waals surface area contributed by atoms with Crippen molar-refractivity contribution in [1.82, 2.24) is 5.32 Å². The maximum absolute atomic E-state index is 12.3. The molecule has 0 aliphatic rings. The van der Waals surface area contributed by atoms with Gasteiger partial charge in [-0.2, -0.15) is 0 Å². The molecule has 2 aromatic rings. The van der Waals surface area contributed by atoms with Gasteiger partial charge in [0, 0.05) is 30.8 Å². The molecule has 29 heavy (non-hydrogen) atoms. The summed E-state index contributed by atoms with van der Waals surface area (Å²) in [5.41, 5.74) is 0.816. The van der Waals surface area contributed by atoms with Crippen molar-refractivity contribution in [3.05, 3.63) is 59.7 Å². The molecule has 0 heterocycles. The van der Waals surface area contributed by atoms with Crippen LogP contribution < -0.4 is 16.0 Å². The molecular formula is C20H19N3O6. The Hall–Kier alpha value is -4.01. The van der Waals surface area contributed by atoms with E-state index in [2.05, 4.69) is 16.0 Å². The fraction of sp³-hybridized carbons (Fsp3) is 0.150. The maximum atomic E-state index is 12.3. The van der Waals surface area contributed by atoms with Crippen molar-refractivity contribution in [1.29, 1.82) is 0 Å². The number of nitrogens with one attached hydrogen (secondary N) is 3. The predicted molar refractivity (Wildman–Crippen MR) is 104 cm³/mol. The average molecular weight is 397 g/mol. The molecule has 0 radical (unpaired) electrons. The van der Waals surface area contributed by atoms with Crippen LogP contribution in [0.5, 0.6) is 0 Å². The van der Waals surface area contributed by atoms with E-state index in [9.17, 15) is 24.0 Å². The van der Waals surface area contributed by atoms with E-state index in [1.54, 1.807) is 18.2 Å². The lowest BCUT2D eigenvalue weighted by molar-refractivity contribution is -0.123. The number of hydrogen-bond donors (Lipinski definition) is 3. The Morgan fingerprint density at radius 2 is 1.34 bits per heavy atom. The van der Waals surface area contributed by atoms with E-state index < -0.39 is 24.4 Å². The average Bonchev–Trinajstić information content (AvgIpc) is 2.65. The lowest BCUT2D eigenvalue weighted by Gasteiger charge is -2.11. The molecule has 0 saturated heterocycles. The molecular weight excluding hydrogens is 378 g/mol. The highest BCUT2D eigenvalue weighted by Gasteiger charge is 2.15. The molecule has 2 aromatic carbocycles. The molecule has 2 rings (SSSR count). The Morgan fingerprint density at radius 3 is 1.86 bits per heavy atom. The third-order valence-electron chi connectivity index (χ3n) is 3.43. The van der Waals surface area contributed by atoms with E-state index in [1.807, 2.05) is 0 Å². The highest BCUT2D eigenvalue weighted by atomic mass is 16.5. The number of rotatable bonds is 6. The van der Waals surface area contributed by atoms with Crippen LogP contribution >= 0.6 is 0 Å². The minimum absolute atomic E-state index is 0.00202. The Labute approximate surface area is 166 Å². The largest absolute Gasteiger partial charge is 0.452 e. The van der Waals surface area contributed by atoms with Gasteiger partial charge in [0.25, 0.3) is 11.8 Å². The molecule has 0 bridgehead atoms.